The standard InChI is InChI=1S/C51H43N13O12S6/c1-5-23-46-60-28(14-79-46)41(70)56-25-10-33(67)50(74)76-11-21-7-6-8-24-34(21)18(2)35(54-24)51(75)82-17-31(57-42(71)29-15-80-47(25)61-29)48-58-26(12-78-48)37-22(45-59-30(13-77-45)43(72)64-36(20(4)65)44(73)55-23)9-32(66)38(63-37)49-62-27(16-81-49)40(69)53-19(3)39(52)68/h5-9,12-16,20,25,31,33,36,54,65-67H,3,10-11,17H2,1-2,4H3,(H2,52,68)(H,53,69)(H,55,73)(H,56,70)(H,57,71)(H,64,72)/b23-5-. The Hall–Kier alpha value is -8.43. The van der Waals surface area contributed by atoms with Crippen molar-refractivity contribution < 1.29 is 58.4 Å². The number of pyridine rings is 1. The number of amides is 6. The third kappa shape index (κ3) is 11.7. The number of carbonyl (C=O) groups is 8. The van der Waals surface area contributed by atoms with Gasteiger partial charge >= 0.3 is 5.97 Å². The Morgan fingerprint density at radius 2 is 1.45 bits per heavy atom. The van der Waals surface area contributed by atoms with Crippen molar-refractivity contribution in [2.45, 2.75) is 64.1 Å². The fourth-order valence-corrected chi connectivity index (χ4v) is 13.6. The number of esters is 1. The predicted octanol–water partition coefficient (Wildman–Crippen LogP) is 4.88. The molecule has 25 nitrogen and oxygen atoms in total. The van der Waals surface area contributed by atoms with Gasteiger partial charge in [0.15, 0.2) is 6.10 Å². The number of aromatic amines is 1. The number of rotatable bonds is 5. The number of thioether (sulfide) groups is 1. The predicted molar refractivity (Wildman–Crippen MR) is 305 cm³/mol. The van der Waals surface area contributed by atoms with Gasteiger partial charge in [-0.1, -0.05) is 36.5 Å². The van der Waals surface area contributed by atoms with Gasteiger partial charge in [-0.15, -0.1) is 56.7 Å². The van der Waals surface area contributed by atoms with E-state index in [1.165, 1.54) is 40.6 Å². The lowest BCUT2D eigenvalue weighted by atomic mass is 10.1. The number of hydrogen-bond acceptors (Lipinski definition) is 24. The SMILES string of the molecule is C=C(NC(=O)c1csc(-c2nc3c(cc2O)-c2nc(cs2)C(=O)NC(C(C)O)C(=O)N/C(=C\C)c2nc(cs2)C(=O)NC2CC(O)C(=O)OCc4cccc5[nH]c(c(C)c45)C(=O)SCC(NC(=O)c4csc2n4)c2nc-3cs2)n1)C(N)=O. The Morgan fingerprint density at radius 3 is 2.17 bits per heavy atom. The number of H-pyrrole nitrogens is 1. The zero-order chi connectivity index (χ0) is 58.3. The van der Waals surface area contributed by atoms with E-state index in [0.29, 0.717) is 22.0 Å². The quantitative estimate of drug-likeness (QED) is 0.0810. The third-order valence-corrected chi connectivity index (χ3v) is 18.1. The number of primary amides is 1. The lowest BCUT2D eigenvalue weighted by Crippen LogP contribution is -2.52. The Kier molecular flexibility index (Phi) is 16.3. The van der Waals surface area contributed by atoms with Crippen LogP contribution in [-0.4, -0.2) is 121 Å². The van der Waals surface area contributed by atoms with Crippen molar-refractivity contribution in [3.05, 3.63) is 124 Å². The molecule has 12 bridgehead atoms. The lowest BCUT2D eigenvalue weighted by molar-refractivity contribution is -0.155. The summed E-state index contributed by atoms with van der Waals surface area (Å²) >= 11 is 5.73. The van der Waals surface area contributed by atoms with Crippen LogP contribution in [0.25, 0.3) is 49.3 Å². The molecule has 82 heavy (non-hydrogen) atoms. The topological polar surface area (TPSA) is 386 Å². The average molecular weight is 1220 g/mol. The van der Waals surface area contributed by atoms with Crippen molar-refractivity contribution in [3.8, 4) is 38.4 Å². The fraction of sp³-hybridized carbons (Fsp3) is 0.216. The molecule has 5 atom stereocenters. The van der Waals surface area contributed by atoms with E-state index in [9.17, 15) is 53.7 Å². The number of nitrogens with zero attached hydrogens (tertiary/aromatic N) is 6. The highest BCUT2D eigenvalue weighted by Crippen LogP contribution is 2.42. The number of cyclic esters (lactones) is 1. The number of aryl methyl sites for hydroxylation is 1. The number of fused-ring (bicyclic) bond motifs is 13. The summed E-state index contributed by atoms with van der Waals surface area (Å²) in [7, 11) is 0. The Bertz CT molecular complexity index is 3990. The molecular weight excluding hydrogens is 1180 g/mol. The van der Waals surface area contributed by atoms with E-state index in [1.807, 2.05) is 0 Å². The smallest absolute Gasteiger partial charge is 0.335 e. The number of aromatic hydroxyl groups is 1. The van der Waals surface area contributed by atoms with E-state index in [-0.39, 0.29) is 99.9 Å². The number of aromatic nitrogens is 7. The maximum atomic E-state index is 14.5. The maximum absolute atomic E-state index is 14.5. The highest BCUT2D eigenvalue weighted by molar-refractivity contribution is 8.14. The second kappa shape index (κ2) is 23.6. The highest BCUT2D eigenvalue weighted by atomic mass is 32.2. The third-order valence-electron chi connectivity index (χ3n) is 12.6. The van der Waals surface area contributed by atoms with Gasteiger partial charge < -0.3 is 57.4 Å². The van der Waals surface area contributed by atoms with Crippen molar-refractivity contribution in [3.63, 3.8) is 0 Å². The normalized spacial score (nSPS) is 19.2. The minimum Gasteiger partial charge on any atom is -0.506 e. The van der Waals surface area contributed by atoms with Gasteiger partial charge in [0.25, 0.3) is 29.5 Å². The summed E-state index contributed by atoms with van der Waals surface area (Å²) in [6.07, 6.45) is -2.29. The summed E-state index contributed by atoms with van der Waals surface area (Å²) in [5.41, 5.74) is 6.39. The van der Waals surface area contributed by atoms with Crippen LogP contribution < -0.4 is 32.3 Å². The molecular formula is C51H43N13O12S6. The van der Waals surface area contributed by atoms with Gasteiger partial charge in [-0.05, 0) is 44.0 Å². The molecule has 5 unspecified atom stereocenters. The largest absolute Gasteiger partial charge is 0.506 e. The van der Waals surface area contributed by atoms with Crippen LogP contribution in [0.5, 0.6) is 5.75 Å². The van der Waals surface area contributed by atoms with Crippen LogP contribution >= 0.6 is 68.4 Å². The first kappa shape index (κ1) is 56.8. The van der Waals surface area contributed by atoms with Gasteiger partial charge in [0.2, 0.25) is 11.0 Å². The van der Waals surface area contributed by atoms with Crippen LogP contribution in [0.15, 0.2) is 69.5 Å². The average Bonchev–Trinajstić information content (AvgIpc) is 4.37. The van der Waals surface area contributed by atoms with E-state index >= 15 is 0 Å². The number of nitrogens with two attached hydrogens (primary N) is 1. The molecule has 11 N–H and O–H groups in total. The molecule has 9 heterocycles. The van der Waals surface area contributed by atoms with E-state index in [2.05, 4.69) is 58.1 Å². The number of aliphatic hydroxyl groups is 2. The van der Waals surface area contributed by atoms with Gasteiger partial charge in [0.05, 0.1) is 35.3 Å². The molecule has 0 saturated carbocycles. The molecule has 0 aliphatic carbocycles. The minimum absolute atomic E-state index is 0.0405. The fourth-order valence-electron chi connectivity index (χ4n) is 8.44. The summed E-state index contributed by atoms with van der Waals surface area (Å²) in [5.74, 6) is -6.66. The van der Waals surface area contributed by atoms with Crippen LogP contribution in [0.4, 0.5) is 0 Å². The monoisotopic (exact) mass is 1220 g/mol. The first-order chi connectivity index (χ1) is 39.2. The van der Waals surface area contributed by atoms with Gasteiger partial charge in [-0.3, -0.25) is 33.6 Å². The molecule has 1 aromatic carbocycles. The van der Waals surface area contributed by atoms with Crippen LogP contribution in [0.2, 0.25) is 0 Å². The Labute approximate surface area is 486 Å². The van der Waals surface area contributed by atoms with Gasteiger partial charge in [-0.25, -0.2) is 34.7 Å². The molecule has 2 aliphatic heterocycles. The Morgan fingerprint density at radius 1 is 0.817 bits per heavy atom. The molecule has 0 saturated heterocycles. The second-order valence-electron chi connectivity index (χ2n) is 18.2. The molecule has 420 valence electrons. The van der Waals surface area contributed by atoms with E-state index in [1.54, 1.807) is 37.4 Å². The summed E-state index contributed by atoms with van der Waals surface area (Å²) in [5, 5.41) is 55.1. The highest BCUT2D eigenvalue weighted by Gasteiger charge is 2.33. The Balaban J connectivity index is 1.11. The molecule has 7 aromatic heterocycles. The molecule has 0 spiro atoms. The molecule has 0 fully saturated rings. The van der Waals surface area contributed by atoms with Gasteiger partial charge in [0, 0.05) is 55.5 Å². The molecule has 31 heteroatoms. The molecule has 6 amide bonds. The number of benzene rings is 1. The first-order valence-corrected chi connectivity index (χ1v) is 29.7. The van der Waals surface area contributed by atoms with Crippen molar-refractivity contribution in [2.75, 3.05) is 5.75 Å². The van der Waals surface area contributed by atoms with Crippen LogP contribution in [-0.2, 0) is 25.7 Å². The number of carbonyl (C=O) groups excluding carboxylic acids is 8. The molecule has 10 rings (SSSR count). The van der Waals surface area contributed by atoms with Gasteiger partial charge in [0.1, 0.15) is 83.3 Å². The van der Waals surface area contributed by atoms with Crippen molar-refractivity contribution in [1.82, 2.24) is 61.5 Å². The first-order valence-electron chi connectivity index (χ1n) is 24.3. The minimum atomic E-state index is -1.84. The molecule has 8 aromatic rings. The van der Waals surface area contributed by atoms with Crippen LogP contribution in [0.3, 0.4) is 0 Å². The van der Waals surface area contributed by atoms with Crippen LogP contribution in [0.1, 0.15) is 111 Å². The van der Waals surface area contributed by atoms with Gasteiger partial charge in [-0.2, -0.15) is 0 Å². The summed E-state index contributed by atoms with van der Waals surface area (Å²) < 4.78 is 5.63. The summed E-state index contributed by atoms with van der Waals surface area (Å²) in [6.45, 7) is 7.74. The zero-order valence-corrected chi connectivity index (χ0v) is 47.6. The second-order valence-corrected chi connectivity index (χ2v) is 23.5. The van der Waals surface area contributed by atoms with Crippen molar-refractivity contribution >= 4 is 132 Å². The van der Waals surface area contributed by atoms with Crippen LogP contribution in [0, 0.1) is 6.92 Å². The number of nitrogens with one attached hydrogen (secondary N) is 6. The maximum Gasteiger partial charge on any atom is 0.335 e. The number of allylic oxidation sites excluding steroid dienone is 1. The molecule has 2 aliphatic rings. The number of thiazole rings is 5. The zero-order valence-electron chi connectivity index (χ0n) is 42.7. The van der Waals surface area contributed by atoms with E-state index in [0.717, 1.165) is 68.4 Å². The van der Waals surface area contributed by atoms with E-state index < -0.39 is 89.0 Å². The number of aliphatic hydroxyl groups excluding tert-OH is 2. The van der Waals surface area contributed by atoms with Crippen molar-refractivity contribution in [1.29, 1.82) is 0 Å². The van der Waals surface area contributed by atoms with E-state index in [4.69, 9.17) is 20.4 Å². The lowest BCUT2D eigenvalue weighted by Gasteiger charge is -2.21. The molecule has 0 radical (unpaired) electrons. The number of hydrogen-bond donors (Lipinski definition) is 10. The summed E-state index contributed by atoms with van der Waals surface area (Å²) in [6, 6.07) is 2.64. The number of ether oxygens (including phenoxy) is 1. The van der Waals surface area contributed by atoms with Crippen molar-refractivity contribution in [2.24, 2.45) is 5.73 Å². The summed E-state index contributed by atoms with van der Waals surface area (Å²) in [4.78, 5) is 140.